The van der Waals surface area contributed by atoms with E-state index < -0.39 is 0 Å². The third-order valence-electron chi connectivity index (χ3n) is 4.95. The molecular formula is C18H24ClN3O3. The Balaban J connectivity index is 0.00000225. The highest BCUT2D eigenvalue weighted by atomic mass is 35.5. The van der Waals surface area contributed by atoms with E-state index in [2.05, 4.69) is 10.6 Å². The molecule has 1 aromatic rings. The Kier molecular flexibility index (Phi) is 6.56. The van der Waals surface area contributed by atoms with Gasteiger partial charge in [-0.25, -0.2) is 0 Å². The number of carbonyl (C=O) groups is 3. The molecule has 0 spiro atoms. The molecule has 1 aliphatic heterocycles. The fourth-order valence-corrected chi connectivity index (χ4v) is 3.55. The highest BCUT2D eigenvalue weighted by Gasteiger charge is 2.30. The summed E-state index contributed by atoms with van der Waals surface area (Å²) >= 11 is 0. The van der Waals surface area contributed by atoms with E-state index in [4.69, 9.17) is 5.73 Å². The van der Waals surface area contributed by atoms with Crippen molar-refractivity contribution in [1.29, 1.82) is 0 Å². The van der Waals surface area contributed by atoms with Gasteiger partial charge >= 0.3 is 0 Å². The van der Waals surface area contributed by atoms with Gasteiger partial charge in [0.1, 0.15) is 0 Å². The second-order valence-electron chi connectivity index (χ2n) is 6.82. The van der Waals surface area contributed by atoms with Crippen molar-refractivity contribution in [3.05, 3.63) is 29.8 Å². The Morgan fingerprint density at radius 3 is 2.48 bits per heavy atom. The number of amides is 3. The number of halogens is 1. The number of benzene rings is 1. The van der Waals surface area contributed by atoms with Crippen molar-refractivity contribution in [2.45, 2.75) is 44.6 Å². The van der Waals surface area contributed by atoms with Crippen molar-refractivity contribution in [2.24, 2.45) is 17.6 Å². The van der Waals surface area contributed by atoms with Gasteiger partial charge in [-0.3, -0.25) is 19.7 Å². The van der Waals surface area contributed by atoms with Gasteiger partial charge in [0.2, 0.25) is 17.7 Å². The first kappa shape index (κ1) is 19.4. The first-order valence-corrected chi connectivity index (χ1v) is 8.49. The number of hydrogen-bond donors (Lipinski definition) is 3. The van der Waals surface area contributed by atoms with Crippen LogP contribution in [0.25, 0.3) is 0 Å². The molecule has 0 radical (unpaired) electrons. The number of hydrogen-bond acceptors (Lipinski definition) is 4. The fourth-order valence-electron chi connectivity index (χ4n) is 3.55. The highest BCUT2D eigenvalue weighted by Crippen LogP contribution is 2.27. The maximum absolute atomic E-state index is 12.1. The lowest BCUT2D eigenvalue weighted by atomic mass is 9.97. The van der Waals surface area contributed by atoms with Gasteiger partial charge in [0.25, 0.3) is 0 Å². The highest BCUT2D eigenvalue weighted by molar-refractivity contribution is 6.03. The minimum atomic E-state index is -0.290. The predicted molar refractivity (Wildman–Crippen MR) is 97.2 cm³/mol. The Morgan fingerprint density at radius 1 is 1.20 bits per heavy atom. The minimum Gasteiger partial charge on any atom is -0.327 e. The summed E-state index contributed by atoms with van der Waals surface area (Å²) in [4.78, 5) is 34.9. The first-order valence-electron chi connectivity index (χ1n) is 8.49. The van der Waals surface area contributed by atoms with Gasteiger partial charge in [0, 0.05) is 24.6 Å². The van der Waals surface area contributed by atoms with Crippen LogP contribution in [-0.4, -0.2) is 23.8 Å². The van der Waals surface area contributed by atoms with Crippen LogP contribution in [-0.2, 0) is 20.8 Å². The molecule has 2 aliphatic rings. The van der Waals surface area contributed by atoms with Crippen LogP contribution in [0.5, 0.6) is 0 Å². The molecule has 1 aromatic carbocycles. The summed E-state index contributed by atoms with van der Waals surface area (Å²) in [5, 5.41) is 5.22. The molecule has 0 bridgehead atoms. The van der Waals surface area contributed by atoms with Crippen LogP contribution >= 0.6 is 12.4 Å². The Bertz CT molecular complexity index is 647. The summed E-state index contributed by atoms with van der Waals surface area (Å²) in [6.07, 6.45) is 4.37. The quantitative estimate of drug-likeness (QED) is 0.692. The predicted octanol–water partition coefficient (Wildman–Crippen LogP) is 1.77. The average molecular weight is 366 g/mol. The average Bonchev–Trinajstić information content (AvgIpc) is 3.07. The van der Waals surface area contributed by atoms with Gasteiger partial charge in [0.05, 0.1) is 5.92 Å². The normalized spacial score (nSPS) is 25.4. The Hall–Kier alpha value is -1.92. The van der Waals surface area contributed by atoms with Gasteiger partial charge in [-0.2, -0.15) is 0 Å². The fraction of sp³-hybridized carbons (Fsp3) is 0.500. The maximum Gasteiger partial charge on any atom is 0.230 e. The molecule has 25 heavy (non-hydrogen) atoms. The molecule has 1 aliphatic carbocycles. The molecule has 1 saturated heterocycles. The van der Waals surface area contributed by atoms with Gasteiger partial charge in [-0.15, -0.1) is 12.4 Å². The van der Waals surface area contributed by atoms with Crippen molar-refractivity contribution < 1.29 is 14.4 Å². The van der Waals surface area contributed by atoms with E-state index in [-0.39, 0.29) is 54.4 Å². The van der Waals surface area contributed by atoms with Gasteiger partial charge in [-0.05, 0) is 42.9 Å². The monoisotopic (exact) mass is 365 g/mol. The van der Waals surface area contributed by atoms with Gasteiger partial charge < -0.3 is 11.1 Å². The van der Waals surface area contributed by atoms with Crippen LogP contribution in [0.4, 0.5) is 5.69 Å². The van der Waals surface area contributed by atoms with Crippen molar-refractivity contribution in [3.8, 4) is 0 Å². The minimum absolute atomic E-state index is 0. The lowest BCUT2D eigenvalue weighted by molar-refractivity contribution is -0.125. The molecule has 2 fully saturated rings. The van der Waals surface area contributed by atoms with Crippen LogP contribution in [0.3, 0.4) is 0 Å². The number of nitrogens with one attached hydrogen (secondary N) is 2. The summed E-state index contributed by atoms with van der Waals surface area (Å²) in [6.45, 7) is 0. The summed E-state index contributed by atoms with van der Waals surface area (Å²) in [6, 6.07) is 7.56. The summed E-state index contributed by atoms with van der Waals surface area (Å²) < 4.78 is 0. The van der Waals surface area contributed by atoms with E-state index in [1.165, 1.54) is 0 Å². The summed E-state index contributed by atoms with van der Waals surface area (Å²) in [7, 11) is 0. The molecule has 3 atom stereocenters. The molecule has 1 saturated carbocycles. The number of anilines is 1. The molecule has 1 unspecified atom stereocenters. The van der Waals surface area contributed by atoms with E-state index >= 15 is 0 Å². The van der Waals surface area contributed by atoms with Crippen molar-refractivity contribution in [3.63, 3.8) is 0 Å². The van der Waals surface area contributed by atoms with E-state index in [0.29, 0.717) is 12.8 Å². The topological polar surface area (TPSA) is 101 Å². The number of nitrogens with two attached hydrogens (primary N) is 1. The zero-order valence-corrected chi connectivity index (χ0v) is 14.8. The van der Waals surface area contributed by atoms with Crippen LogP contribution in [0.15, 0.2) is 24.3 Å². The number of carbonyl (C=O) groups excluding carboxylic acids is 3. The largest absolute Gasteiger partial charge is 0.327 e. The van der Waals surface area contributed by atoms with E-state index in [9.17, 15) is 14.4 Å². The smallest absolute Gasteiger partial charge is 0.230 e. The molecule has 3 amide bonds. The molecular weight excluding hydrogens is 342 g/mol. The third-order valence-corrected chi connectivity index (χ3v) is 4.95. The van der Waals surface area contributed by atoms with Crippen LogP contribution in [0.1, 0.15) is 37.7 Å². The number of imide groups is 1. The second kappa shape index (κ2) is 8.45. The molecule has 3 rings (SSSR count). The Labute approximate surface area is 153 Å². The third kappa shape index (κ3) is 5.03. The van der Waals surface area contributed by atoms with E-state index in [1.807, 2.05) is 24.3 Å². The second-order valence-corrected chi connectivity index (χ2v) is 6.82. The van der Waals surface area contributed by atoms with Crippen LogP contribution < -0.4 is 16.4 Å². The van der Waals surface area contributed by atoms with Crippen molar-refractivity contribution >= 4 is 35.8 Å². The molecule has 6 nitrogen and oxygen atoms in total. The zero-order valence-electron chi connectivity index (χ0n) is 14.0. The molecule has 7 heteroatoms. The molecule has 0 aromatic heterocycles. The summed E-state index contributed by atoms with van der Waals surface area (Å²) in [5.74, 6) is -0.431. The first-order chi connectivity index (χ1) is 11.5. The molecule has 136 valence electrons. The van der Waals surface area contributed by atoms with Crippen LogP contribution in [0.2, 0.25) is 0 Å². The van der Waals surface area contributed by atoms with Crippen molar-refractivity contribution in [1.82, 2.24) is 5.32 Å². The standard InChI is InChI=1S/C18H23N3O3.ClH/c19-15-3-1-2-12(15)9-16(22)20-14-6-4-11(5-7-14)8-13-10-17(23)21-18(13)24;/h4-7,12-13,15H,1-3,8-10,19H2,(H,20,22)(H,21,23,24);1H/t12-,13?,15+;/m0./s1. The molecule has 1 heterocycles. The van der Waals surface area contributed by atoms with Gasteiger partial charge in [0.15, 0.2) is 0 Å². The SMILES string of the molecule is Cl.N[C@@H]1CCC[C@H]1CC(=O)Nc1ccc(CC2CC(=O)NC2=O)cc1. The lowest BCUT2D eigenvalue weighted by Gasteiger charge is -2.15. The maximum atomic E-state index is 12.1. The zero-order chi connectivity index (χ0) is 17.1. The van der Waals surface area contributed by atoms with Gasteiger partial charge in [-0.1, -0.05) is 18.6 Å². The lowest BCUT2D eigenvalue weighted by Crippen LogP contribution is -2.28. The molecule has 4 N–H and O–H groups in total. The van der Waals surface area contributed by atoms with E-state index in [0.717, 1.165) is 30.5 Å². The summed E-state index contributed by atoms with van der Waals surface area (Å²) in [5.41, 5.74) is 7.71. The van der Waals surface area contributed by atoms with Crippen LogP contribution in [0, 0.1) is 11.8 Å². The van der Waals surface area contributed by atoms with E-state index in [1.54, 1.807) is 0 Å². The van der Waals surface area contributed by atoms with Crippen molar-refractivity contribution in [2.75, 3.05) is 5.32 Å². The Morgan fingerprint density at radius 2 is 1.92 bits per heavy atom. The number of rotatable bonds is 5.